The number of rotatable bonds is 6. The fourth-order valence-electron chi connectivity index (χ4n) is 2.08. The first-order valence-electron chi connectivity index (χ1n) is 7.90. The lowest BCUT2D eigenvalue weighted by Gasteiger charge is -2.39. The van der Waals surface area contributed by atoms with Crippen LogP contribution in [0.15, 0.2) is 0 Å². The summed E-state index contributed by atoms with van der Waals surface area (Å²) in [4.78, 5) is 23.1. The number of carbonyl (C=O) groups excluding carboxylic acids is 2. The van der Waals surface area contributed by atoms with Crippen molar-refractivity contribution in [3.05, 3.63) is 0 Å². The lowest BCUT2D eigenvalue weighted by Crippen LogP contribution is -2.59. The van der Waals surface area contributed by atoms with E-state index in [1.807, 2.05) is 0 Å². The van der Waals surface area contributed by atoms with Crippen LogP contribution in [0.5, 0.6) is 0 Å². The van der Waals surface area contributed by atoms with E-state index >= 15 is 0 Å². The molecule has 0 saturated carbocycles. The number of amides is 1. The van der Waals surface area contributed by atoms with E-state index in [0.29, 0.717) is 0 Å². The van der Waals surface area contributed by atoms with Crippen LogP contribution < -0.4 is 5.32 Å². The van der Waals surface area contributed by atoms with Gasteiger partial charge in [-0.3, -0.25) is 4.79 Å². The van der Waals surface area contributed by atoms with E-state index < -0.39 is 48.4 Å². The van der Waals surface area contributed by atoms with Crippen molar-refractivity contribution in [3.63, 3.8) is 0 Å². The number of nitrogens with one attached hydrogen (secondary N) is 1. The number of hydrogen-bond acceptors (Lipinski definition) is 9. The average Bonchev–Trinajstić information content (AvgIpc) is 2.50. The second-order valence-corrected chi connectivity index (χ2v) is 6.61. The summed E-state index contributed by atoms with van der Waals surface area (Å²) in [6.45, 7) is 4.83. The molecule has 0 aromatic carbocycles. The molecule has 1 amide bonds. The van der Waals surface area contributed by atoms with Gasteiger partial charge in [-0.1, -0.05) is 0 Å². The predicted octanol–water partition coefficient (Wildman–Crippen LogP) is -1.10. The predicted molar refractivity (Wildman–Crippen MR) is 83.5 cm³/mol. The smallest absolute Gasteiger partial charge is 0.407 e. The largest absolute Gasteiger partial charge is 0.463 e. The Kier molecular flexibility index (Phi) is 8.03. The SMILES string of the molecule is CO[C@H]1O[C@H](COC(=O)CCNC(=O)OC(C)(C)C)[C@@H](O)[C@H](O)[C@H]1O. The topological polar surface area (TPSA) is 144 Å². The van der Waals surface area contributed by atoms with E-state index in [2.05, 4.69) is 5.32 Å². The highest BCUT2D eigenvalue weighted by molar-refractivity contribution is 5.72. The van der Waals surface area contributed by atoms with Crippen LogP contribution in [0.1, 0.15) is 27.2 Å². The maximum atomic E-state index is 11.7. The minimum absolute atomic E-state index is 0.0177. The molecule has 1 fully saturated rings. The van der Waals surface area contributed by atoms with E-state index in [4.69, 9.17) is 18.9 Å². The van der Waals surface area contributed by atoms with Crippen LogP contribution in [-0.2, 0) is 23.7 Å². The summed E-state index contributed by atoms with van der Waals surface area (Å²) in [5, 5.41) is 31.6. The third-order valence-electron chi connectivity index (χ3n) is 3.31. The van der Waals surface area contributed by atoms with Crippen LogP contribution in [0, 0.1) is 0 Å². The molecule has 1 heterocycles. The average molecular weight is 365 g/mol. The molecule has 1 aliphatic heterocycles. The van der Waals surface area contributed by atoms with Crippen LogP contribution in [-0.4, -0.2) is 84.0 Å². The van der Waals surface area contributed by atoms with Crippen molar-refractivity contribution >= 4 is 12.1 Å². The molecule has 0 spiro atoms. The van der Waals surface area contributed by atoms with E-state index in [-0.39, 0.29) is 19.6 Å². The van der Waals surface area contributed by atoms with Gasteiger partial charge >= 0.3 is 12.1 Å². The zero-order chi connectivity index (χ0) is 19.2. The lowest BCUT2D eigenvalue weighted by atomic mass is 9.99. The van der Waals surface area contributed by atoms with Crippen LogP contribution in [0.4, 0.5) is 4.79 Å². The van der Waals surface area contributed by atoms with Crippen LogP contribution in [0.3, 0.4) is 0 Å². The summed E-state index contributed by atoms with van der Waals surface area (Å²) in [5.74, 6) is -0.638. The van der Waals surface area contributed by atoms with Crippen molar-refractivity contribution in [2.24, 2.45) is 0 Å². The summed E-state index contributed by atoms with van der Waals surface area (Å²) in [5.41, 5.74) is -0.637. The van der Waals surface area contributed by atoms with E-state index in [1.54, 1.807) is 20.8 Å². The Bertz CT molecular complexity index is 449. The van der Waals surface area contributed by atoms with Crippen molar-refractivity contribution in [1.29, 1.82) is 0 Å². The molecule has 0 radical (unpaired) electrons. The molecule has 0 aromatic rings. The maximum Gasteiger partial charge on any atom is 0.407 e. The Morgan fingerprint density at radius 3 is 2.32 bits per heavy atom. The first-order chi connectivity index (χ1) is 11.5. The monoisotopic (exact) mass is 365 g/mol. The molecule has 1 saturated heterocycles. The van der Waals surface area contributed by atoms with E-state index in [9.17, 15) is 24.9 Å². The second-order valence-electron chi connectivity index (χ2n) is 6.61. The Balaban J connectivity index is 2.32. The molecule has 4 N–H and O–H groups in total. The van der Waals surface area contributed by atoms with Crippen molar-refractivity contribution in [2.45, 2.75) is 63.5 Å². The third-order valence-corrected chi connectivity index (χ3v) is 3.31. The van der Waals surface area contributed by atoms with Gasteiger partial charge in [0.05, 0.1) is 6.42 Å². The highest BCUT2D eigenvalue weighted by Crippen LogP contribution is 2.22. The number of ether oxygens (including phenoxy) is 4. The molecular formula is C15H27NO9. The zero-order valence-corrected chi connectivity index (χ0v) is 14.8. The maximum absolute atomic E-state index is 11.7. The minimum atomic E-state index is -1.49. The summed E-state index contributed by atoms with van der Waals surface area (Å²) in [6.07, 6.45) is -7.29. The molecule has 25 heavy (non-hydrogen) atoms. The fourth-order valence-corrected chi connectivity index (χ4v) is 2.08. The lowest BCUT2D eigenvalue weighted by molar-refractivity contribution is -0.295. The van der Waals surface area contributed by atoms with Crippen LogP contribution in [0.25, 0.3) is 0 Å². The third kappa shape index (κ3) is 7.12. The molecule has 10 heteroatoms. The van der Waals surface area contributed by atoms with Gasteiger partial charge in [0.1, 0.15) is 36.6 Å². The molecule has 1 rings (SSSR count). The van der Waals surface area contributed by atoms with E-state index in [0.717, 1.165) is 0 Å². The Hall–Kier alpha value is -1.46. The number of methoxy groups -OCH3 is 1. The molecule has 10 nitrogen and oxygen atoms in total. The van der Waals surface area contributed by atoms with Crippen LogP contribution in [0.2, 0.25) is 0 Å². The van der Waals surface area contributed by atoms with Crippen molar-refractivity contribution in [3.8, 4) is 0 Å². The standard InChI is InChI=1S/C15H27NO9/c1-15(2,3)25-14(21)16-6-5-9(17)23-7-8-10(18)11(19)12(20)13(22-4)24-8/h8,10-13,18-20H,5-7H2,1-4H3,(H,16,21)/t8-,10-,11+,12-,13+/m1/s1. The number of aliphatic hydroxyl groups excluding tert-OH is 3. The van der Waals surface area contributed by atoms with Gasteiger partial charge in [-0.25, -0.2) is 4.79 Å². The van der Waals surface area contributed by atoms with E-state index in [1.165, 1.54) is 7.11 Å². The number of hydrogen-bond donors (Lipinski definition) is 4. The summed E-state index contributed by atoms with van der Waals surface area (Å²) in [6, 6.07) is 0. The normalized spacial score (nSPS) is 29.8. The minimum Gasteiger partial charge on any atom is -0.463 e. The molecule has 0 bridgehead atoms. The van der Waals surface area contributed by atoms with Gasteiger partial charge in [0.2, 0.25) is 0 Å². The van der Waals surface area contributed by atoms with Gasteiger partial charge in [0.15, 0.2) is 6.29 Å². The highest BCUT2D eigenvalue weighted by Gasteiger charge is 2.44. The van der Waals surface area contributed by atoms with Crippen molar-refractivity contribution in [1.82, 2.24) is 5.32 Å². The molecule has 5 atom stereocenters. The zero-order valence-electron chi connectivity index (χ0n) is 14.8. The highest BCUT2D eigenvalue weighted by atomic mass is 16.7. The number of alkyl carbamates (subject to hydrolysis) is 1. The van der Waals surface area contributed by atoms with Crippen LogP contribution >= 0.6 is 0 Å². The van der Waals surface area contributed by atoms with Crippen molar-refractivity contribution < 1.29 is 43.9 Å². The molecule has 0 aliphatic carbocycles. The molecule has 146 valence electrons. The van der Waals surface area contributed by atoms with Gasteiger partial charge in [-0.15, -0.1) is 0 Å². The van der Waals surface area contributed by atoms with Gasteiger partial charge in [0, 0.05) is 13.7 Å². The Morgan fingerprint density at radius 2 is 1.76 bits per heavy atom. The number of esters is 1. The second kappa shape index (κ2) is 9.30. The van der Waals surface area contributed by atoms with Crippen molar-refractivity contribution in [2.75, 3.05) is 20.3 Å². The molecule has 0 unspecified atom stereocenters. The summed E-state index contributed by atoms with van der Waals surface area (Å²) >= 11 is 0. The molecular weight excluding hydrogens is 338 g/mol. The van der Waals surface area contributed by atoms with Gasteiger partial charge in [0.25, 0.3) is 0 Å². The first-order valence-corrected chi connectivity index (χ1v) is 7.90. The number of aliphatic hydroxyl groups is 3. The molecule has 0 aromatic heterocycles. The Labute approximate surface area is 146 Å². The first kappa shape index (κ1) is 21.6. The fraction of sp³-hybridized carbons (Fsp3) is 0.867. The Morgan fingerprint density at radius 1 is 1.12 bits per heavy atom. The summed E-state index contributed by atoms with van der Waals surface area (Å²) < 4.78 is 20.0. The molecule has 1 aliphatic rings. The summed E-state index contributed by atoms with van der Waals surface area (Å²) in [7, 11) is 1.27. The van der Waals surface area contributed by atoms with Gasteiger partial charge in [-0.2, -0.15) is 0 Å². The van der Waals surface area contributed by atoms with Gasteiger partial charge in [-0.05, 0) is 20.8 Å². The number of carbonyl (C=O) groups is 2. The van der Waals surface area contributed by atoms with Gasteiger partial charge < -0.3 is 39.6 Å². The quantitative estimate of drug-likeness (QED) is 0.431.